The van der Waals surface area contributed by atoms with Crippen molar-refractivity contribution in [1.29, 1.82) is 0 Å². The van der Waals surface area contributed by atoms with Gasteiger partial charge in [0.15, 0.2) is 0 Å². The number of aliphatic hydroxyl groups is 1. The third-order valence-electron chi connectivity index (χ3n) is 5.00. The zero-order valence-corrected chi connectivity index (χ0v) is 12.1. The van der Waals surface area contributed by atoms with Crippen LogP contribution in [0, 0.1) is 11.8 Å². The summed E-state index contributed by atoms with van der Waals surface area (Å²) in [5, 5.41) is 10.6. The Hall–Kier alpha value is -0.610. The van der Waals surface area contributed by atoms with Crippen molar-refractivity contribution < 1.29 is 9.90 Å². The maximum absolute atomic E-state index is 12.4. The van der Waals surface area contributed by atoms with Gasteiger partial charge in [0.1, 0.15) is 0 Å². The summed E-state index contributed by atoms with van der Waals surface area (Å²) in [5.74, 6) is 0.611. The van der Waals surface area contributed by atoms with Crippen LogP contribution in [0.4, 0.5) is 0 Å². The van der Waals surface area contributed by atoms with Crippen molar-refractivity contribution in [3.8, 4) is 0 Å². The lowest BCUT2D eigenvalue weighted by Crippen LogP contribution is -2.55. The van der Waals surface area contributed by atoms with Crippen molar-refractivity contribution in [2.24, 2.45) is 17.6 Å². The SMILES string of the molecule is CC(CCCN)C(=O)N1CCC2(O)CCCCC2C1. The van der Waals surface area contributed by atoms with Gasteiger partial charge in [0, 0.05) is 24.9 Å². The highest BCUT2D eigenvalue weighted by Crippen LogP contribution is 2.40. The molecular weight excluding hydrogens is 240 g/mol. The highest BCUT2D eigenvalue weighted by molar-refractivity contribution is 5.78. The molecule has 1 aliphatic carbocycles. The van der Waals surface area contributed by atoms with Gasteiger partial charge in [0.05, 0.1) is 5.60 Å². The molecule has 1 aliphatic heterocycles. The lowest BCUT2D eigenvalue weighted by atomic mass is 9.71. The molecule has 3 atom stereocenters. The van der Waals surface area contributed by atoms with Crippen LogP contribution in [-0.2, 0) is 4.79 Å². The van der Waals surface area contributed by atoms with Gasteiger partial charge in [-0.3, -0.25) is 4.79 Å². The first-order valence-corrected chi connectivity index (χ1v) is 7.78. The van der Waals surface area contributed by atoms with E-state index < -0.39 is 5.60 Å². The molecule has 3 unspecified atom stereocenters. The molecule has 2 rings (SSSR count). The summed E-state index contributed by atoms with van der Waals surface area (Å²) in [5.41, 5.74) is 5.01. The van der Waals surface area contributed by atoms with Gasteiger partial charge < -0.3 is 15.7 Å². The molecule has 0 aromatic rings. The zero-order chi connectivity index (χ0) is 13.9. The highest BCUT2D eigenvalue weighted by atomic mass is 16.3. The van der Waals surface area contributed by atoms with E-state index in [9.17, 15) is 9.90 Å². The first-order valence-electron chi connectivity index (χ1n) is 7.78. The second-order valence-electron chi connectivity index (χ2n) is 6.41. The van der Waals surface area contributed by atoms with E-state index in [1.807, 2.05) is 11.8 Å². The van der Waals surface area contributed by atoms with Crippen LogP contribution in [0.3, 0.4) is 0 Å². The molecule has 1 heterocycles. The number of carbonyl (C=O) groups is 1. The number of nitrogens with two attached hydrogens (primary N) is 1. The quantitative estimate of drug-likeness (QED) is 0.812. The average Bonchev–Trinajstić information content (AvgIpc) is 2.42. The lowest BCUT2D eigenvalue weighted by molar-refractivity contribution is -0.147. The van der Waals surface area contributed by atoms with Gasteiger partial charge in [-0.05, 0) is 38.6 Å². The van der Waals surface area contributed by atoms with E-state index in [-0.39, 0.29) is 11.8 Å². The minimum atomic E-state index is -0.491. The number of hydrogen-bond acceptors (Lipinski definition) is 3. The Balaban J connectivity index is 1.91. The molecule has 2 fully saturated rings. The first-order chi connectivity index (χ1) is 9.07. The summed E-state index contributed by atoms with van der Waals surface area (Å²) in [4.78, 5) is 14.4. The van der Waals surface area contributed by atoms with Gasteiger partial charge in [-0.1, -0.05) is 19.8 Å². The molecule has 0 spiro atoms. The minimum Gasteiger partial charge on any atom is -0.389 e. The van der Waals surface area contributed by atoms with Crippen molar-refractivity contribution >= 4 is 5.91 Å². The monoisotopic (exact) mass is 268 g/mol. The van der Waals surface area contributed by atoms with Gasteiger partial charge in [-0.25, -0.2) is 0 Å². The van der Waals surface area contributed by atoms with Crippen LogP contribution >= 0.6 is 0 Å². The Morgan fingerprint density at radius 2 is 2.26 bits per heavy atom. The Bertz CT molecular complexity index is 321. The average molecular weight is 268 g/mol. The topological polar surface area (TPSA) is 66.6 Å². The standard InChI is InChI=1S/C15H28N2O2/c1-12(5-4-9-16)14(18)17-10-8-15(19)7-3-2-6-13(15)11-17/h12-13,19H,2-11,16H2,1H3. The summed E-state index contributed by atoms with van der Waals surface area (Å²) >= 11 is 0. The number of nitrogens with zero attached hydrogens (tertiary/aromatic N) is 1. The number of piperidine rings is 1. The molecule has 0 bridgehead atoms. The molecule has 19 heavy (non-hydrogen) atoms. The fourth-order valence-corrected chi connectivity index (χ4v) is 3.63. The number of hydrogen-bond donors (Lipinski definition) is 2. The minimum absolute atomic E-state index is 0.0679. The molecule has 1 saturated heterocycles. The van der Waals surface area contributed by atoms with Crippen molar-refractivity contribution in [2.45, 2.75) is 57.5 Å². The van der Waals surface area contributed by atoms with E-state index in [0.717, 1.165) is 51.6 Å². The number of rotatable bonds is 4. The van der Waals surface area contributed by atoms with Gasteiger partial charge in [-0.15, -0.1) is 0 Å². The fraction of sp³-hybridized carbons (Fsp3) is 0.933. The van der Waals surface area contributed by atoms with E-state index in [1.54, 1.807) is 0 Å². The largest absolute Gasteiger partial charge is 0.389 e. The van der Waals surface area contributed by atoms with Crippen LogP contribution in [0.25, 0.3) is 0 Å². The highest BCUT2D eigenvalue weighted by Gasteiger charge is 2.44. The molecule has 2 aliphatic rings. The Morgan fingerprint density at radius 3 is 3.00 bits per heavy atom. The Kier molecular flexibility index (Phi) is 4.85. The third kappa shape index (κ3) is 3.29. The van der Waals surface area contributed by atoms with E-state index >= 15 is 0 Å². The molecule has 110 valence electrons. The number of likely N-dealkylation sites (tertiary alicyclic amines) is 1. The normalized spacial score (nSPS) is 32.8. The smallest absolute Gasteiger partial charge is 0.225 e. The second kappa shape index (κ2) is 6.23. The van der Waals surface area contributed by atoms with Gasteiger partial charge in [0.25, 0.3) is 0 Å². The Labute approximate surface area is 116 Å². The maximum atomic E-state index is 12.4. The summed E-state index contributed by atoms with van der Waals surface area (Å²) in [6.07, 6.45) is 6.85. The predicted molar refractivity (Wildman–Crippen MR) is 75.6 cm³/mol. The molecule has 0 aromatic heterocycles. The van der Waals surface area contributed by atoms with Crippen LogP contribution in [0.1, 0.15) is 51.9 Å². The molecule has 0 aromatic carbocycles. The molecule has 4 nitrogen and oxygen atoms in total. The number of carbonyl (C=O) groups excluding carboxylic acids is 1. The van der Waals surface area contributed by atoms with Crippen LogP contribution in [0.2, 0.25) is 0 Å². The van der Waals surface area contributed by atoms with Crippen LogP contribution < -0.4 is 5.73 Å². The molecule has 1 saturated carbocycles. The number of fused-ring (bicyclic) bond motifs is 1. The van der Waals surface area contributed by atoms with Crippen molar-refractivity contribution in [2.75, 3.05) is 19.6 Å². The van der Waals surface area contributed by atoms with Crippen LogP contribution in [-0.4, -0.2) is 41.1 Å². The molecule has 0 radical (unpaired) electrons. The van der Waals surface area contributed by atoms with E-state index in [0.29, 0.717) is 12.5 Å². The van der Waals surface area contributed by atoms with Crippen molar-refractivity contribution in [1.82, 2.24) is 4.90 Å². The van der Waals surface area contributed by atoms with Crippen molar-refractivity contribution in [3.63, 3.8) is 0 Å². The Morgan fingerprint density at radius 1 is 1.47 bits per heavy atom. The summed E-state index contributed by atoms with van der Waals surface area (Å²) in [6, 6.07) is 0. The second-order valence-corrected chi connectivity index (χ2v) is 6.41. The zero-order valence-electron chi connectivity index (χ0n) is 12.1. The molecular formula is C15H28N2O2. The lowest BCUT2D eigenvalue weighted by Gasteiger charge is -2.47. The van der Waals surface area contributed by atoms with Gasteiger partial charge >= 0.3 is 0 Å². The van der Waals surface area contributed by atoms with E-state index in [2.05, 4.69) is 0 Å². The summed E-state index contributed by atoms with van der Waals surface area (Å²) in [7, 11) is 0. The van der Waals surface area contributed by atoms with E-state index in [1.165, 1.54) is 6.42 Å². The fourth-order valence-electron chi connectivity index (χ4n) is 3.63. The molecule has 3 N–H and O–H groups in total. The predicted octanol–water partition coefficient (Wildman–Crippen LogP) is 1.51. The number of amides is 1. The third-order valence-corrected chi connectivity index (χ3v) is 5.00. The van der Waals surface area contributed by atoms with Crippen LogP contribution in [0.15, 0.2) is 0 Å². The summed E-state index contributed by atoms with van der Waals surface area (Å²) in [6.45, 7) is 4.13. The van der Waals surface area contributed by atoms with Crippen LogP contribution in [0.5, 0.6) is 0 Å². The maximum Gasteiger partial charge on any atom is 0.225 e. The molecule has 4 heteroatoms. The molecule has 1 amide bonds. The van der Waals surface area contributed by atoms with Gasteiger partial charge in [-0.2, -0.15) is 0 Å². The van der Waals surface area contributed by atoms with E-state index in [4.69, 9.17) is 5.73 Å². The van der Waals surface area contributed by atoms with Crippen molar-refractivity contribution in [3.05, 3.63) is 0 Å². The first kappa shape index (κ1) is 14.8. The summed E-state index contributed by atoms with van der Waals surface area (Å²) < 4.78 is 0. The van der Waals surface area contributed by atoms with Gasteiger partial charge in [0.2, 0.25) is 5.91 Å².